The Kier molecular flexibility index (Phi) is 3.80. The average molecular weight is 313 g/mol. The normalized spacial score (nSPS) is 10.2. The van der Waals surface area contributed by atoms with Crippen LogP contribution in [0.4, 0.5) is 5.82 Å². The SMILES string of the molecule is CCN(C(=O)c1nnc(Br)s1)c1ccccn1. The molecular weight excluding hydrogens is 304 g/mol. The van der Waals surface area contributed by atoms with E-state index in [-0.39, 0.29) is 5.91 Å². The van der Waals surface area contributed by atoms with Crippen molar-refractivity contribution in [2.75, 3.05) is 11.4 Å². The number of rotatable bonds is 3. The molecule has 0 aliphatic heterocycles. The summed E-state index contributed by atoms with van der Waals surface area (Å²) in [5.74, 6) is 0.431. The van der Waals surface area contributed by atoms with Crippen LogP contribution in [0.2, 0.25) is 0 Å². The largest absolute Gasteiger partial charge is 0.291 e. The van der Waals surface area contributed by atoms with Crippen LogP contribution in [0.5, 0.6) is 0 Å². The van der Waals surface area contributed by atoms with Crippen LogP contribution in [0.25, 0.3) is 0 Å². The second kappa shape index (κ2) is 5.33. The van der Waals surface area contributed by atoms with Gasteiger partial charge in [0.2, 0.25) is 5.01 Å². The number of halogens is 1. The third-order valence-corrected chi connectivity index (χ3v) is 3.41. The standard InChI is InChI=1S/C10H9BrN4OS/c1-2-15(7-5-3-4-6-12-7)9(16)8-13-14-10(11)17-8/h3-6H,2H2,1H3. The number of hydrogen-bond acceptors (Lipinski definition) is 5. The van der Waals surface area contributed by atoms with Gasteiger partial charge in [0.1, 0.15) is 5.82 Å². The second-order valence-electron chi connectivity index (χ2n) is 3.10. The van der Waals surface area contributed by atoms with Gasteiger partial charge in [0.25, 0.3) is 5.91 Å². The lowest BCUT2D eigenvalue weighted by Crippen LogP contribution is -2.31. The number of nitrogens with zero attached hydrogens (tertiary/aromatic N) is 4. The zero-order valence-corrected chi connectivity index (χ0v) is 11.4. The Bertz CT molecular complexity index is 516. The Morgan fingerprint density at radius 2 is 2.29 bits per heavy atom. The fourth-order valence-electron chi connectivity index (χ4n) is 1.33. The number of carbonyl (C=O) groups excluding carboxylic acids is 1. The minimum absolute atomic E-state index is 0.186. The molecule has 0 radical (unpaired) electrons. The summed E-state index contributed by atoms with van der Waals surface area (Å²) in [6.07, 6.45) is 1.65. The van der Waals surface area contributed by atoms with E-state index in [2.05, 4.69) is 31.1 Å². The number of aromatic nitrogens is 3. The van der Waals surface area contributed by atoms with Crippen molar-refractivity contribution in [3.63, 3.8) is 0 Å². The highest BCUT2D eigenvalue weighted by Crippen LogP contribution is 2.19. The van der Waals surface area contributed by atoms with Gasteiger partial charge in [-0.05, 0) is 35.0 Å². The molecule has 0 saturated carbocycles. The fraction of sp³-hybridized carbons (Fsp3) is 0.200. The molecule has 0 bridgehead atoms. The summed E-state index contributed by atoms with van der Waals surface area (Å²) in [5, 5.41) is 7.93. The molecule has 17 heavy (non-hydrogen) atoms. The van der Waals surface area contributed by atoms with Crippen molar-refractivity contribution in [3.05, 3.63) is 33.3 Å². The molecule has 0 saturated heterocycles. The minimum Gasteiger partial charge on any atom is -0.291 e. The van der Waals surface area contributed by atoms with Crippen molar-refractivity contribution in [2.24, 2.45) is 0 Å². The topological polar surface area (TPSA) is 59.0 Å². The molecule has 0 spiro atoms. The van der Waals surface area contributed by atoms with Gasteiger partial charge in [0.15, 0.2) is 3.92 Å². The molecule has 88 valence electrons. The highest BCUT2D eigenvalue weighted by Gasteiger charge is 2.20. The maximum atomic E-state index is 12.2. The average Bonchev–Trinajstić information content (AvgIpc) is 2.78. The first-order chi connectivity index (χ1) is 8.22. The molecule has 1 amide bonds. The molecule has 0 aliphatic carbocycles. The van der Waals surface area contributed by atoms with E-state index < -0.39 is 0 Å². The molecule has 5 nitrogen and oxygen atoms in total. The summed E-state index contributed by atoms with van der Waals surface area (Å²) >= 11 is 4.40. The molecule has 2 heterocycles. The van der Waals surface area contributed by atoms with Crippen LogP contribution in [-0.2, 0) is 0 Å². The maximum Gasteiger partial charge on any atom is 0.290 e. The van der Waals surface area contributed by atoms with E-state index in [1.807, 2.05) is 19.1 Å². The summed E-state index contributed by atoms with van der Waals surface area (Å²) < 4.78 is 0.595. The van der Waals surface area contributed by atoms with Crippen LogP contribution in [-0.4, -0.2) is 27.6 Å². The van der Waals surface area contributed by atoms with Crippen molar-refractivity contribution in [3.8, 4) is 0 Å². The number of anilines is 1. The number of amides is 1. The van der Waals surface area contributed by atoms with Gasteiger partial charge in [-0.15, -0.1) is 10.2 Å². The smallest absolute Gasteiger partial charge is 0.290 e. The van der Waals surface area contributed by atoms with Gasteiger partial charge in [0, 0.05) is 12.7 Å². The van der Waals surface area contributed by atoms with Crippen molar-refractivity contribution in [1.29, 1.82) is 0 Å². The Hall–Kier alpha value is -1.34. The molecule has 2 aromatic heterocycles. The number of hydrogen-bond donors (Lipinski definition) is 0. The van der Waals surface area contributed by atoms with Crippen LogP contribution in [0, 0.1) is 0 Å². The number of pyridine rings is 1. The Labute approximate surface area is 111 Å². The van der Waals surface area contributed by atoms with E-state index in [0.717, 1.165) is 0 Å². The maximum absolute atomic E-state index is 12.2. The Morgan fingerprint density at radius 1 is 1.47 bits per heavy atom. The summed E-state index contributed by atoms with van der Waals surface area (Å²) in [4.78, 5) is 17.9. The Balaban J connectivity index is 2.28. The monoisotopic (exact) mass is 312 g/mol. The van der Waals surface area contributed by atoms with E-state index in [1.165, 1.54) is 11.3 Å². The second-order valence-corrected chi connectivity index (χ2v) is 5.35. The van der Waals surface area contributed by atoms with Crippen LogP contribution in [0.3, 0.4) is 0 Å². The van der Waals surface area contributed by atoms with Crippen LogP contribution in [0.1, 0.15) is 16.7 Å². The van der Waals surface area contributed by atoms with Gasteiger partial charge in [-0.2, -0.15) is 0 Å². The quantitative estimate of drug-likeness (QED) is 0.873. The van der Waals surface area contributed by atoms with Crippen molar-refractivity contribution in [1.82, 2.24) is 15.2 Å². The van der Waals surface area contributed by atoms with Gasteiger partial charge < -0.3 is 0 Å². The number of carbonyl (C=O) groups is 1. The first-order valence-corrected chi connectivity index (χ1v) is 6.55. The van der Waals surface area contributed by atoms with Gasteiger partial charge in [-0.3, -0.25) is 9.69 Å². The van der Waals surface area contributed by atoms with E-state index in [9.17, 15) is 4.79 Å². The molecule has 0 fully saturated rings. The Morgan fingerprint density at radius 3 is 2.82 bits per heavy atom. The van der Waals surface area contributed by atoms with E-state index in [1.54, 1.807) is 17.2 Å². The van der Waals surface area contributed by atoms with Crippen LogP contribution < -0.4 is 4.90 Å². The molecule has 0 aliphatic rings. The first kappa shape index (κ1) is 12.1. The van der Waals surface area contributed by atoms with Crippen molar-refractivity contribution in [2.45, 2.75) is 6.92 Å². The highest BCUT2D eigenvalue weighted by molar-refractivity contribution is 9.11. The van der Waals surface area contributed by atoms with E-state index in [0.29, 0.717) is 21.3 Å². The summed E-state index contributed by atoms with van der Waals surface area (Å²) in [6.45, 7) is 2.43. The predicted molar refractivity (Wildman–Crippen MR) is 69.2 cm³/mol. The molecule has 2 rings (SSSR count). The third kappa shape index (κ3) is 2.67. The summed E-state index contributed by atoms with van der Waals surface area (Å²) in [6, 6.07) is 5.44. The lowest BCUT2D eigenvalue weighted by atomic mass is 10.4. The zero-order chi connectivity index (χ0) is 12.3. The lowest BCUT2D eigenvalue weighted by Gasteiger charge is -2.17. The minimum atomic E-state index is -0.186. The van der Waals surface area contributed by atoms with Crippen molar-refractivity contribution >= 4 is 39.0 Å². The summed E-state index contributed by atoms with van der Waals surface area (Å²) in [5.41, 5.74) is 0. The van der Waals surface area contributed by atoms with Crippen LogP contribution >= 0.6 is 27.3 Å². The van der Waals surface area contributed by atoms with E-state index in [4.69, 9.17) is 0 Å². The molecule has 7 heteroatoms. The molecule has 2 aromatic rings. The lowest BCUT2D eigenvalue weighted by molar-refractivity contribution is 0.0986. The molecular formula is C10H9BrN4OS. The molecule has 0 unspecified atom stereocenters. The highest BCUT2D eigenvalue weighted by atomic mass is 79.9. The van der Waals surface area contributed by atoms with Gasteiger partial charge in [-0.1, -0.05) is 17.4 Å². The van der Waals surface area contributed by atoms with E-state index >= 15 is 0 Å². The van der Waals surface area contributed by atoms with Crippen LogP contribution in [0.15, 0.2) is 28.3 Å². The zero-order valence-electron chi connectivity index (χ0n) is 9.00. The molecule has 0 aromatic carbocycles. The van der Waals surface area contributed by atoms with Gasteiger partial charge >= 0.3 is 0 Å². The summed E-state index contributed by atoms with van der Waals surface area (Å²) in [7, 11) is 0. The predicted octanol–water partition coefficient (Wildman–Crippen LogP) is 2.36. The molecule has 0 N–H and O–H groups in total. The fourth-order valence-corrected chi connectivity index (χ4v) is 2.39. The third-order valence-electron chi connectivity index (χ3n) is 2.07. The van der Waals surface area contributed by atoms with Gasteiger partial charge in [-0.25, -0.2) is 4.98 Å². The van der Waals surface area contributed by atoms with Gasteiger partial charge in [0.05, 0.1) is 0 Å². The van der Waals surface area contributed by atoms with Crippen molar-refractivity contribution < 1.29 is 4.79 Å². The first-order valence-electron chi connectivity index (χ1n) is 4.94. The molecule has 0 atom stereocenters.